The normalized spacial score (nSPS) is 34.9. The molecule has 4 unspecified atom stereocenters. The van der Waals surface area contributed by atoms with E-state index in [-0.39, 0.29) is 6.10 Å². The van der Waals surface area contributed by atoms with Crippen LogP contribution in [0.2, 0.25) is 0 Å². The summed E-state index contributed by atoms with van der Waals surface area (Å²) in [5, 5.41) is 0. The minimum atomic E-state index is -0.711. The fraction of sp³-hybridized carbons (Fsp3) is 0.533. The Labute approximate surface area is 117 Å². The summed E-state index contributed by atoms with van der Waals surface area (Å²) in [6.45, 7) is 4.05. The van der Waals surface area contributed by atoms with Crippen molar-refractivity contribution in [3.8, 4) is 0 Å². The van der Waals surface area contributed by atoms with Crippen LogP contribution in [0.15, 0.2) is 30.3 Å². The lowest BCUT2D eigenvalue weighted by molar-refractivity contribution is -0.216. The van der Waals surface area contributed by atoms with Crippen molar-refractivity contribution in [2.45, 2.75) is 50.8 Å². The Kier molecular flexibility index (Phi) is 3.60. The van der Waals surface area contributed by atoms with Crippen LogP contribution in [-0.4, -0.2) is 36.7 Å². The monoisotopic (exact) mass is 278 g/mol. The Hall–Kier alpha value is -1.27. The number of carbonyl (C=O) groups is 1. The average molecular weight is 278 g/mol. The summed E-state index contributed by atoms with van der Waals surface area (Å²) in [6.07, 6.45) is -1.26. The molecule has 3 rings (SSSR count). The smallest absolute Gasteiger partial charge is 0.190 e. The zero-order chi connectivity index (χ0) is 14.2. The number of carbonyl (C=O) groups excluding carboxylic acids is 1. The lowest BCUT2D eigenvalue weighted by atomic mass is 10.1. The summed E-state index contributed by atoms with van der Waals surface area (Å²) in [4.78, 5) is 11.1. The first-order valence-corrected chi connectivity index (χ1v) is 6.71. The number of aldehydes is 1. The van der Waals surface area contributed by atoms with Gasteiger partial charge in [-0.3, -0.25) is 0 Å². The van der Waals surface area contributed by atoms with Crippen molar-refractivity contribution in [3.63, 3.8) is 0 Å². The van der Waals surface area contributed by atoms with E-state index in [0.29, 0.717) is 6.61 Å². The van der Waals surface area contributed by atoms with E-state index in [1.165, 1.54) is 0 Å². The van der Waals surface area contributed by atoms with Gasteiger partial charge >= 0.3 is 0 Å². The topological polar surface area (TPSA) is 54.0 Å². The Morgan fingerprint density at radius 1 is 1.25 bits per heavy atom. The molecule has 2 fully saturated rings. The summed E-state index contributed by atoms with van der Waals surface area (Å²) in [5.74, 6) is -0.711. The number of ether oxygens (including phenoxy) is 4. The highest BCUT2D eigenvalue weighted by atomic mass is 16.8. The van der Waals surface area contributed by atoms with E-state index in [9.17, 15) is 4.79 Å². The first-order chi connectivity index (χ1) is 9.59. The fourth-order valence-electron chi connectivity index (χ4n) is 2.57. The molecule has 2 aliphatic heterocycles. The third-order valence-electron chi connectivity index (χ3n) is 3.45. The van der Waals surface area contributed by atoms with Crippen LogP contribution in [0.5, 0.6) is 0 Å². The molecule has 5 nitrogen and oxygen atoms in total. The molecular formula is C15H18O5. The third kappa shape index (κ3) is 2.62. The predicted octanol–water partition coefficient (Wildman–Crippen LogP) is 1.65. The van der Waals surface area contributed by atoms with Gasteiger partial charge in [-0.15, -0.1) is 0 Å². The van der Waals surface area contributed by atoms with Crippen LogP contribution in [0.4, 0.5) is 0 Å². The molecule has 1 aromatic carbocycles. The van der Waals surface area contributed by atoms with Crippen LogP contribution >= 0.6 is 0 Å². The maximum atomic E-state index is 11.1. The van der Waals surface area contributed by atoms with Gasteiger partial charge < -0.3 is 23.7 Å². The van der Waals surface area contributed by atoms with Crippen LogP contribution in [0, 0.1) is 0 Å². The van der Waals surface area contributed by atoms with Gasteiger partial charge in [-0.2, -0.15) is 0 Å². The molecule has 0 N–H and O–H groups in total. The van der Waals surface area contributed by atoms with Crippen molar-refractivity contribution in [2.24, 2.45) is 0 Å². The number of hydrogen-bond donors (Lipinski definition) is 0. The molecule has 0 aromatic heterocycles. The van der Waals surface area contributed by atoms with E-state index in [0.717, 1.165) is 11.8 Å². The number of hydrogen-bond acceptors (Lipinski definition) is 5. The quantitative estimate of drug-likeness (QED) is 0.784. The second kappa shape index (κ2) is 5.26. The maximum Gasteiger partial charge on any atom is 0.190 e. The average Bonchev–Trinajstić information content (AvgIpc) is 2.89. The van der Waals surface area contributed by atoms with E-state index in [1.807, 2.05) is 44.2 Å². The number of rotatable bonds is 4. The molecule has 4 atom stereocenters. The highest BCUT2D eigenvalue weighted by Crippen LogP contribution is 2.38. The van der Waals surface area contributed by atoms with E-state index in [1.54, 1.807) is 0 Å². The number of benzene rings is 1. The minimum absolute atomic E-state index is 0.371. The molecule has 0 aliphatic carbocycles. The van der Waals surface area contributed by atoms with Crippen LogP contribution in [0.3, 0.4) is 0 Å². The van der Waals surface area contributed by atoms with Crippen LogP contribution in [0.1, 0.15) is 19.4 Å². The van der Waals surface area contributed by atoms with Crippen LogP contribution < -0.4 is 0 Å². The van der Waals surface area contributed by atoms with E-state index >= 15 is 0 Å². The van der Waals surface area contributed by atoms with Gasteiger partial charge in [0.05, 0.1) is 6.61 Å². The van der Waals surface area contributed by atoms with Gasteiger partial charge in [-0.05, 0) is 19.4 Å². The standard InChI is InChI=1S/C15H18O5/c1-15(2)19-13-12(11(8-16)18-14(13)20-15)17-9-10-6-4-3-5-7-10/h3-8,11-14H,9H2,1-2H3. The molecule has 0 radical (unpaired) electrons. The van der Waals surface area contributed by atoms with E-state index in [4.69, 9.17) is 18.9 Å². The number of fused-ring (bicyclic) bond motifs is 1. The summed E-state index contributed by atoms with van der Waals surface area (Å²) in [6, 6.07) is 9.78. The Morgan fingerprint density at radius 3 is 2.70 bits per heavy atom. The molecule has 1 aromatic rings. The van der Waals surface area contributed by atoms with Gasteiger partial charge in [0.2, 0.25) is 0 Å². The molecule has 108 valence electrons. The molecule has 2 heterocycles. The molecule has 0 bridgehead atoms. The summed E-state index contributed by atoms with van der Waals surface area (Å²) in [5.41, 5.74) is 1.04. The van der Waals surface area contributed by atoms with Gasteiger partial charge in [-0.1, -0.05) is 30.3 Å². The van der Waals surface area contributed by atoms with Crippen molar-refractivity contribution in [3.05, 3.63) is 35.9 Å². The maximum absolute atomic E-state index is 11.1. The van der Waals surface area contributed by atoms with E-state index in [2.05, 4.69) is 0 Å². The Bertz CT molecular complexity index is 472. The van der Waals surface area contributed by atoms with Crippen molar-refractivity contribution < 1.29 is 23.7 Å². The fourth-order valence-corrected chi connectivity index (χ4v) is 2.57. The first kappa shape index (κ1) is 13.7. The molecule has 5 heteroatoms. The highest BCUT2D eigenvalue weighted by molar-refractivity contribution is 5.58. The van der Waals surface area contributed by atoms with Gasteiger partial charge in [0.25, 0.3) is 0 Å². The van der Waals surface area contributed by atoms with Crippen LogP contribution in [0.25, 0.3) is 0 Å². The predicted molar refractivity (Wildman–Crippen MR) is 69.8 cm³/mol. The molecular weight excluding hydrogens is 260 g/mol. The van der Waals surface area contributed by atoms with Crippen molar-refractivity contribution in [2.75, 3.05) is 0 Å². The molecule has 2 saturated heterocycles. The lowest BCUT2D eigenvalue weighted by Gasteiger charge is -2.23. The van der Waals surface area contributed by atoms with Gasteiger partial charge in [-0.25, -0.2) is 0 Å². The van der Waals surface area contributed by atoms with Gasteiger partial charge in [0, 0.05) is 0 Å². The Balaban J connectivity index is 1.68. The van der Waals surface area contributed by atoms with Crippen molar-refractivity contribution in [1.82, 2.24) is 0 Å². The van der Waals surface area contributed by atoms with Gasteiger partial charge in [0.15, 0.2) is 18.4 Å². The van der Waals surface area contributed by atoms with Crippen LogP contribution in [-0.2, 0) is 30.3 Å². The molecule has 0 spiro atoms. The second-order valence-electron chi connectivity index (χ2n) is 5.47. The third-order valence-corrected chi connectivity index (χ3v) is 3.45. The molecule has 20 heavy (non-hydrogen) atoms. The zero-order valence-corrected chi connectivity index (χ0v) is 11.5. The second-order valence-corrected chi connectivity index (χ2v) is 5.47. The molecule has 0 amide bonds. The van der Waals surface area contributed by atoms with Crippen molar-refractivity contribution >= 4 is 6.29 Å². The molecule has 2 aliphatic rings. The van der Waals surface area contributed by atoms with E-state index < -0.39 is 24.3 Å². The SMILES string of the molecule is CC1(C)OC2OC(C=O)C(OCc3ccccc3)C2O1. The summed E-state index contributed by atoms with van der Waals surface area (Å²) < 4.78 is 22.7. The highest BCUT2D eigenvalue weighted by Gasteiger charge is 2.55. The van der Waals surface area contributed by atoms with Gasteiger partial charge in [0.1, 0.15) is 18.3 Å². The zero-order valence-electron chi connectivity index (χ0n) is 11.5. The minimum Gasteiger partial charge on any atom is -0.367 e. The first-order valence-electron chi connectivity index (χ1n) is 6.71. The van der Waals surface area contributed by atoms with Crippen molar-refractivity contribution in [1.29, 1.82) is 0 Å². The Morgan fingerprint density at radius 2 is 2.00 bits per heavy atom. The largest absolute Gasteiger partial charge is 0.367 e. The summed E-state index contributed by atoms with van der Waals surface area (Å²) >= 11 is 0. The molecule has 0 saturated carbocycles. The lowest BCUT2D eigenvalue weighted by Crippen LogP contribution is -2.37. The summed E-state index contributed by atoms with van der Waals surface area (Å²) in [7, 11) is 0.